The van der Waals surface area contributed by atoms with Crippen LogP contribution in [0.15, 0.2) is 18.2 Å². The van der Waals surface area contributed by atoms with Gasteiger partial charge in [0.25, 0.3) is 0 Å². The van der Waals surface area contributed by atoms with E-state index in [9.17, 15) is 0 Å². The molecule has 2 aliphatic carbocycles. The van der Waals surface area contributed by atoms with Crippen LogP contribution in [0.4, 0.5) is 0 Å². The SMILES string of the molecule is COc1ccc2c(c1)[C@]13CCN(CC4CC4)[C@H](C2)[C@]1(C)OCOC3. The molecule has 3 fully saturated rings. The van der Waals surface area contributed by atoms with Crippen LogP contribution in [0.2, 0.25) is 0 Å². The maximum atomic E-state index is 6.39. The lowest BCUT2D eigenvalue weighted by Gasteiger charge is -2.63. The molecule has 1 aromatic carbocycles. The van der Waals surface area contributed by atoms with Crippen LogP contribution in [0.25, 0.3) is 0 Å². The van der Waals surface area contributed by atoms with E-state index in [2.05, 4.69) is 30.0 Å². The van der Waals surface area contributed by atoms with Crippen LogP contribution in [-0.4, -0.2) is 50.1 Å². The monoisotopic (exact) mass is 329 g/mol. The van der Waals surface area contributed by atoms with Crippen LogP contribution in [0, 0.1) is 5.92 Å². The van der Waals surface area contributed by atoms with Gasteiger partial charge in [0.15, 0.2) is 0 Å². The summed E-state index contributed by atoms with van der Waals surface area (Å²) in [4.78, 5) is 2.72. The molecule has 1 saturated carbocycles. The molecule has 0 amide bonds. The molecular weight excluding hydrogens is 302 g/mol. The number of benzene rings is 1. The molecule has 1 aromatic rings. The van der Waals surface area contributed by atoms with Crippen molar-refractivity contribution < 1.29 is 14.2 Å². The Hall–Kier alpha value is -1.10. The molecule has 3 atom stereocenters. The molecule has 0 unspecified atom stereocenters. The van der Waals surface area contributed by atoms with Crippen molar-refractivity contribution in [3.63, 3.8) is 0 Å². The number of hydrogen-bond acceptors (Lipinski definition) is 4. The van der Waals surface area contributed by atoms with Gasteiger partial charge in [-0.1, -0.05) is 6.07 Å². The smallest absolute Gasteiger partial charge is 0.147 e. The van der Waals surface area contributed by atoms with Gasteiger partial charge in [0.05, 0.1) is 24.7 Å². The third kappa shape index (κ3) is 1.97. The molecule has 0 spiro atoms. The average molecular weight is 329 g/mol. The van der Waals surface area contributed by atoms with E-state index < -0.39 is 0 Å². The summed E-state index contributed by atoms with van der Waals surface area (Å²) in [5.41, 5.74) is 2.63. The van der Waals surface area contributed by atoms with Gasteiger partial charge >= 0.3 is 0 Å². The molecule has 4 heteroatoms. The van der Waals surface area contributed by atoms with Crippen molar-refractivity contribution >= 4 is 0 Å². The molecule has 4 nitrogen and oxygen atoms in total. The number of likely N-dealkylation sites (tertiary alicyclic amines) is 1. The number of piperidine rings is 1. The Morgan fingerprint density at radius 3 is 3.00 bits per heavy atom. The van der Waals surface area contributed by atoms with Crippen molar-refractivity contribution in [2.45, 2.75) is 49.7 Å². The first kappa shape index (κ1) is 15.2. The normalized spacial score (nSPS) is 38.3. The minimum absolute atomic E-state index is 0.0436. The Morgan fingerprint density at radius 1 is 1.33 bits per heavy atom. The molecule has 130 valence electrons. The minimum atomic E-state index is -0.169. The summed E-state index contributed by atoms with van der Waals surface area (Å²) in [6, 6.07) is 7.05. The highest BCUT2D eigenvalue weighted by Crippen LogP contribution is 2.55. The van der Waals surface area contributed by atoms with Gasteiger partial charge < -0.3 is 14.2 Å². The lowest BCUT2D eigenvalue weighted by Crippen LogP contribution is -2.74. The lowest BCUT2D eigenvalue weighted by molar-refractivity contribution is -0.274. The van der Waals surface area contributed by atoms with Crippen LogP contribution < -0.4 is 4.74 Å². The van der Waals surface area contributed by atoms with Gasteiger partial charge in [0, 0.05) is 12.6 Å². The Bertz CT molecular complexity index is 658. The van der Waals surface area contributed by atoms with Crippen LogP contribution in [0.5, 0.6) is 5.75 Å². The van der Waals surface area contributed by atoms with E-state index in [4.69, 9.17) is 14.2 Å². The molecule has 24 heavy (non-hydrogen) atoms. The predicted molar refractivity (Wildman–Crippen MR) is 91.4 cm³/mol. The molecule has 0 N–H and O–H groups in total. The number of rotatable bonds is 3. The number of ether oxygens (including phenoxy) is 3. The van der Waals surface area contributed by atoms with E-state index >= 15 is 0 Å². The zero-order valence-electron chi connectivity index (χ0n) is 14.7. The number of fused-ring (bicyclic) bond motifs is 1. The third-order valence-corrected chi connectivity index (χ3v) is 7.08. The molecule has 2 heterocycles. The molecule has 0 aromatic heterocycles. The molecule has 4 aliphatic rings. The topological polar surface area (TPSA) is 30.9 Å². The maximum absolute atomic E-state index is 6.39. The van der Waals surface area contributed by atoms with Crippen molar-refractivity contribution in [2.24, 2.45) is 5.92 Å². The van der Waals surface area contributed by atoms with Crippen LogP contribution in [0.1, 0.15) is 37.3 Å². The fourth-order valence-electron chi connectivity index (χ4n) is 5.40. The van der Waals surface area contributed by atoms with Gasteiger partial charge in [-0.25, -0.2) is 0 Å². The standard InChI is InChI=1S/C20H27NO3/c1-19-18-9-15-5-6-16(22-2)10-17(15)20(19,12-23-13-24-19)7-8-21(18)11-14-3-4-14/h5-6,10,14,18H,3-4,7-9,11-13H2,1-2H3/t18-,19+,20-/m1/s1. The third-order valence-electron chi connectivity index (χ3n) is 7.08. The van der Waals surface area contributed by atoms with E-state index in [1.165, 1.54) is 30.5 Å². The minimum Gasteiger partial charge on any atom is -0.497 e. The summed E-state index contributed by atoms with van der Waals surface area (Å²) in [7, 11) is 1.75. The molecular formula is C20H27NO3. The second kappa shape index (κ2) is 5.20. The summed E-state index contributed by atoms with van der Waals surface area (Å²) in [6.07, 6.45) is 4.99. The summed E-state index contributed by atoms with van der Waals surface area (Å²) in [6.45, 7) is 5.91. The first-order chi connectivity index (χ1) is 11.7. The van der Waals surface area contributed by atoms with Gasteiger partial charge in [0.2, 0.25) is 0 Å². The van der Waals surface area contributed by atoms with Gasteiger partial charge in [-0.05, 0) is 68.3 Å². The van der Waals surface area contributed by atoms with E-state index in [-0.39, 0.29) is 11.0 Å². The Balaban J connectivity index is 1.62. The van der Waals surface area contributed by atoms with Crippen molar-refractivity contribution in [1.29, 1.82) is 0 Å². The van der Waals surface area contributed by atoms with Gasteiger partial charge in [-0.2, -0.15) is 0 Å². The van der Waals surface area contributed by atoms with Crippen molar-refractivity contribution in [1.82, 2.24) is 4.90 Å². The Morgan fingerprint density at radius 2 is 2.21 bits per heavy atom. The number of methoxy groups -OCH3 is 1. The van der Waals surface area contributed by atoms with Crippen molar-refractivity contribution in [3.8, 4) is 5.75 Å². The zero-order valence-corrected chi connectivity index (χ0v) is 14.7. The average Bonchev–Trinajstić information content (AvgIpc) is 3.41. The van der Waals surface area contributed by atoms with Gasteiger partial charge in [-0.15, -0.1) is 0 Å². The highest BCUT2D eigenvalue weighted by molar-refractivity contribution is 5.48. The van der Waals surface area contributed by atoms with Crippen molar-refractivity contribution in [2.75, 3.05) is 33.6 Å². The molecule has 2 saturated heterocycles. The molecule has 2 bridgehead atoms. The van der Waals surface area contributed by atoms with E-state index in [0.717, 1.165) is 37.7 Å². The summed E-state index contributed by atoms with van der Waals surface area (Å²) in [5, 5.41) is 0. The first-order valence-electron chi connectivity index (χ1n) is 9.29. The Labute approximate surface area is 144 Å². The second-order valence-electron chi connectivity index (χ2n) is 8.23. The second-order valence-corrected chi connectivity index (χ2v) is 8.23. The maximum Gasteiger partial charge on any atom is 0.147 e. The quantitative estimate of drug-likeness (QED) is 0.853. The van der Waals surface area contributed by atoms with Crippen molar-refractivity contribution in [3.05, 3.63) is 29.3 Å². The molecule has 2 aliphatic heterocycles. The summed E-state index contributed by atoms with van der Waals surface area (Å²) >= 11 is 0. The van der Waals surface area contributed by atoms with Crippen LogP contribution in [-0.2, 0) is 21.3 Å². The fourth-order valence-corrected chi connectivity index (χ4v) is 5.40. The summed E-state index contributed by atoms with van der Waals surface area (Å²) in [5.74, 6) is 1.85. The zero-order chi connectivity index (χ0) is 16.4. The highest BCUT2D eigenvalue weighted by Gasteiger charge is 2.63. The van der Waals surface area contributed by atoms with E-state index in [1.54, 1.807) is 7.11 Å². The fraction of sp³-hybridized carbons (Fsp3) is 0.700. The first-order valence-corrected chi connectivity index (χ1v) is 9.29. The largest absolute Gasteiger partial charge is 0.497 e. The number of nitrogens with zero attached hydrogens (tertiary/aromatic N) is 1. The highest BCUT2D eigenvalue weighted by atomic mass is 16.7. The Kier molecular flexibility index (Phi) is 3.29. The lowest BCUT2D eigenvalue weighted by atomic mass is 9.55. The van der Waals surface area contributed by atoms with Crippen LogP contribution in [0.3, 0.4) is 0 Å². The van der Waals surface area contributed by atoms with E-state index in [1.807, 2.05) is 0 Å². The summed E-state index contributed by atoms with van der Waals surface area (Å²) < 4.78 is 17.8. The molecule has 5 rings (SSSR count). The predicted octanol–water partition coefficient (Wildman–Crippen LogP) is 2.74. The van der Waals surface area contributed by atoms with Gasteiger partial charge in [-0.3, -0.25) is 4.90 Å². The number of hydrogen-bond donors (Lipinski definition) is 0. The van der Waals surface area contributed by atoms with E-state index in [0.29, 0.717) is 12.8 Å². The van der Waals surface area contributed by atoms with Gasteiger partial charge in [0.1, 0.15) is 12.5 Å². The molecule has 0 radical (unpaired) electrons. The van der Waals surface area contributed by atoms with Crippen LogP contribution >= 0.6 is 0 Å².